The molecule has 2 atom stereocenters. The van der Waals surface area contributed by atoms with Crippen molar-refractivity contribution in [2.75, 3.05) is 13.1 Å². The standard InChI is InChI=1S/C8H14Br3NO2S/c1-6-3-7(2)5-12(4-6)15(13,14)8(9,10)11/h6-7H,3-5H2,1-2H3. The van der Waals surface area contributed by atoms with Crippen LogP contribution >= 0.6 is 47.8 Å². The lowest BCUT2D eigenvalue weighted by molar-refractivity contribution is 0.223. The second kappa shape index (κ2) is 4.92. The highest BCUT2D eigenvalue weighted by molar-refractivity contribution is 9.42. The number of rotatable bonds is 1. The first kappa shape index (κ1) is 14.4. The zero-order valence-corrected chi connectivity index (χ0v) is 14.2. The van der Waals surface area contributed by atoms with Crippen LogP contribution in [0.25, 0.3) is 0 Å². The van der Waals surface area contributed by atoms with Crippen molar-refractivity contribution in [3.63, 3.8) is 0 Å². The number of hydrogen-bond donors (Lipinski definition) is 0. The molecule has 1 rings (SSSR count). The zero-order chi connectivity index (χ0) is 11.9. The molecule has 0 aromatic heterocycles. The summed E-state index contributed by atoms with van der Waals surface area (Å²) in [5, 5.41) is 0. The monoisotopic (exact) mass is 425 g/mol. The molecule has 0 bridgehead atoms. The summed E-state index contributed by atoms with van der Waals surface area (Å²) in [6.45, 7) is 5.35. The molecule has 0 N–H and O–H groups in total. The van der Waals surface area contributed by atoms with Gasteiger partial charge < -0.3 is 0 Å². The van der Waals surface area contributed by atoms with Gasteiger partial charge in [-0.1, -0.05) is 13.8 Å². The summed E-state index contributed by atoms with van der Waals surface area (Å²) in [4.78, 5) is 0. The van der Waals surface area contributed by atoms with Crippen LogP contribution in [0.1, 0.15) is 20.3 Å². The van der Waals surface area contributed by atoms with Crippen molar-refractivity contribution >= 4 is 57.8 Å². The highest BCUT2D eigenvalue weighted by Crippen LogP contribution is 2.42. The molecule has 1 aliphatic heterocycles. The summed E-state index contributed by atoms with van der Waals surface area (Å²) in [6.07, 6.45) is 1.09. The van der Waals surface area contributed by atoms with Crippen molar-refractivity contribution in [3.8, 4) is 0 Å². The van der Waals surface area contributed by atoms with Gasteiger partial charge in [0.25, 0.3) is 10.0 Å². The Morgan fingerprint density at radius 2 is 1.53 bits per heavy atom. The van der Waals surface area contributed by atoms with Crippen LogP contribution in [0.2, 0.25) is 0 Å². The van der Waals surface area contributed by atoms with Crippen LogP contribution in [0.5, 0.6) is 0 Å². The molecule has 0 aliphatic carbocycles. The molecule has 7 heteroatoms. The average molecular weight is 428 g/mol. The second-order valence-corrected chi connectivity index (χ2v) is 14.6. The maximum absolute atomic E-state index is 12.1. The van der Waals surface area contributed by atoms with Crippen LogP contribution in [-0.4, -0.2) is 27.3 Å². The van der Waals surface area contributed by atoms with Gasteiger partial charge in [-0.3, -0.25) is 0 Å². The van der Waals surface area contributed by atoms with E-state index in [1.54, 1.807) is 0 Å². The fourth-order valence-electron chi connectivity index (χ4n) is 1.95. The van der Waals surface area contributed by atoms with E-state index in [0.717, 1.165) is 6.42 Å². The lowest BCUT2D eigenvalue weighted by Crippen LogP contribution is -2.46. The van der Waals surface area contributed by atoms with Crippen molar-refractivity contribution in [2.24, 2.45) is 11.8 Å². The SMILES string of the molecule is CC1CC(C)CN(S(=O)(=O)C(Br)(Br)Br)C1. The van der Waals surface area contributed by atoms with Crippen LogP contribution in [0.4, 0.5) is 0 Å². The molecule has 90 valence electrons. The Balaban J connectivity index is 2.89. The van der Waals surface area contributed by atoms with Crippen molar-refractivity contribution < 1.29 is 8.42 Å². The molecule has 15 heavy (non-hydrogen) atoms. The normalized spacial score (nSPS) is 30.5. The van der Waals surface area contributed by atoms with E-state index in [0.29, 0.717) is 24.9 Å². The summed E-state index contributed by atoms with van der Waals surface area (Å²) >= 11 is 9.24. The molecule has 3 nitrogen and oxygen atoms in total. The van der Waals surface area contributed by atoms with Crippen LogP contribution in [-0.2, 0) is 10.0 Å². The van der Waals surface area contributed by atoms with E-state index in [1.165, 1.54) is 4.31 Å². The third-order valence-corrected chi connectivity index (χ3v) is 7.71. The topological polar surface area (TPSA) is 37.4 Å². The van der Waals surface area contributed by atoms with E-state index in [4.69, 9.17) is 0 Å². The van der Waals surface area contributed by atoms with Gasteiger partial charge in [0, 0.05) is 13.1 Å². The molecule has 2 unspecified atom stereocenters. The lowest BCUT2D eigenvalue weighted by Gasteiger charge is -2.35. The van der Waals surface area contributed by atoms with Gasteiger partial charge in [-0.25, -0.2) is 8.42 Å². The summed E-state index contributed by atoms with van der Waals surface area (Å²) in [7, 11) is -3.38. The van der Waals surface area contributed by atoms with E-state index in [9.17, 15) is 8.42 Å². The summed E-state index contributed by atoms with van der Waals surface area (Å²) in [5.41, 5.74) is 0. The lowest BCUT2D eigenvalue weighted by atomic mass is 9.94. The molecule has 0 spiro atoms. The number of nitrogens with zero attached hydrogens (tertiary/aromatic N) is 1. The number of hydrogen-bond acceptors (Lipinski definition) is 2. The summed E-state index contributed by atoms with van der Waals surface area (Å²) in [5.74, 6) is 0.830. The minimum Gasteiger partial charge on any atom is -0.209 e. The molecule has 0 amide bonds. The Morgan fingerprint density at radius 3 is 1.87 bits per heavy atom. The number of halogens is 3. The molecule has 1 fully saturated rings. The summed E-state index contributed by atoms with van der Waals surface area (Å²) < 4.78 is 24.5. The first-order valence-electron chi connectivity index (χ1n) is 4.71. The molecular formula is C8H14Br3NO2S. The number of piperidine rings is 1. The maximum atomic E-state index is 12.1. The second-order valence-electron chi connectivity index (χ2n) is 4.21. The fourth-order valence-corrected chi connectivity index (χ4v) is 4.99. The first-order valence-corrected chi connectivity index (χ1v) is 8.53. The van der Waals surface area contributed by atoms with E-state index in [2.05, 4.69) is 61.6 Å². The van der Waals surface area contributed by atoms with Crippen LogP contribution in [0, 0.1) is 11.8 Å². The molecule has 1 heterocycles. The molecule has 0 aromatic rings. The van der Waals surface area contributed by atoms with E-state index >= 15 is 0 Å². The van der Waals surface area contributed by atoms with Crippen LogP contribution < -0.4 is 0 Å². The number of alkyl halides is 3. The van der Waals surface area contributed by atoms with Crippen LogP contribution in [0.3, 0.4) is 0 Å². The highest BCUT2D eigenvalue weighted by Gasteiger charge is 2.43. The minimum absolute atomic E-state index is 0.415. The van der Waals surface area contributed by atoms with Gasteiger partial charge in [0.2, 0.25) is 1.47 Å². The van der Waals surface area contributed by atoms with Gasteiger partial charge in [-0.2, -0.15) is 4.31 Å². The Hall–Kier alpha value is 1.35. The van der Waals surface area contributed by atoms with Crippen molar-refractivity contribution in [1.29, 1.82) is 0 Å². The fraction of sp³-hybridized carbons (Fsp3) is 1.00. The van der Waals surface area contributed by atoms with Crippen molar-refractivity contribution in [1.82, 2.24) is 4.31 Å². The van der Waals surface area contributed by atoms with Gasteiger partial charge in [0.05, 0.1) is 0 Å². The largest absolute Gasteiger partial charge is 0.250 e. The average Bonchev–Trinajstić information content (AvgIpc) is 1.99. The Morgan fingerprint density at radius 1 is 1.13 bits per heavy atom. The predicted octanol–water partition coefficient (Wildman–Crippen LogP) is 3.09. The molecule has 1 saturated heterocycles. The quantitative estimate of drug-likeness (QED) is 0.603. The van der Waals surface area contributed by atoms with Crippen molar-refractivity contribution in [2.45, 2.75) is 21.7 Å². The third-order valence-electron chi connectivity index (χ3n) is 2.47. The van der Waals surface area contributed by atoms with E-state index in [-0.39, 0.29) is 0 Å². The predicted molar refractivity (Wildman–Crippen MR) is 72.9 cm³/mol. The zero-order valence-electron chi connectivity index (χ0n) is 8.58. The Kier molecular flexibility index (Phi) is 4.73. The van der Waals surface area contributed by atoms with Gasteiger partial charge >= 0.3 is 0 Å². The molecule has 1 aliphatic rings. The van der Waals surface area contributed by atoms with Gasteiger partial charge in [-0.05, 0) is 66.0 Å². The van der Waals surface area contributed by atoms with E-state index in [1.807, 2.05) is 0 Å². The molecular weight excluding hydrogens is 414 g/mol. The third kappa shape index (κ3) is 3.40. The maximum Gasteiger partial charge on any atom is 0.250 e. The van der Waals surface area contributed by atoms with Crippen molar-refractivity contribution in [3.05, 3.63) is 0 Å². The Labute approximate surface area is 116 Å². The molecule has 0 saturated carbocycles. The van der Waals surface area contributed by atoms with Gasteiger partial charge in [0.1, 0.15) is 0 Å². The smallest absolute Gasteiger partial charge is 0.209 e. The summed E-state index contributed by atoms with van der Waals surface area (Å²) in [6, 6.07) is 0. The Bertz CT molecular complexity index is 315. The van der Waals surface area contributed by atoms with Gasteiger partial charge in [-0.15, -0.1) is 0 Å². The molecule has 0 radical (unpaired) electrons. The first-order chi connectivity index (χ1) is 6.64. The minimum atomic E-state index is -3.38. The molecule has 0 aromatic carbocycles. The number of sulfonamides is 1. The van der Waals surface area contributed by atoms with Gasteiger partial charge in [0.15, 0.2) is 0 Å². The van der Waals surface area contributed by atoms with Crippen LogP contribution in [0.15, 0.2) is 0 Å². The van der Waals surface area contributed by atoms with E-state index < -0.39 is 11.5 Å². The highest BCUT2D eigenvalue weighted by atomic mass is 80.0.